The van der Waals surface area contributed by atoms with Crippen LogP contribution in [0.2, 0.25) is 10.0 Å². The Kier molecular flexibility index (Phi) is 5.95. The fourth-order valence-corrected chi connectivity index (χ4v) is 4.10. The molecule has 4 aromatic rings. The van der Waals surface area contributed by atoms with Crippen molar-refractivity contribution in [1.29, 1.82) is 0 Å². The molecule has 0 aliphatic carbocycles. The fraction of sp³-hybridized carbons (Fsp3) is 0.0435. The summed E-state index contributed by atoms with van der Waals surface area (Å²) in [6.45, 7) is 1.89. The first-order valence-corrected chi connectivity index (χ1v) is 10.6. The van der Waals surface area contributed by atoms with Gasteiger partial charge in [0.25, 0.3) is 0 Å². The Bertz CT molecular complexity index is 1150. The summed E-state index contributed by atoms with van der Waals surface area (Å²) >= 11 is 13.7. The fourth-order valence-electron chi connectivity index (χ4n) is 2.90. The molecular weight excluding hydrogens is 421 g/mol. The number of benzene rings is 3. The maximum absolute atomic E-state index is 6.24. The molecule has 0 saturated carbocycles. The molecule has 0 atom stereocenters. The summed E-state index contributed by atoms with van der Waals surface area (Å²) in [5.41, 5.74) is 8.97. The molecule has 1 aromatic heterocycles. The van der Waals surface area contributed by atoms with Gasteiger partial charge in [-0.1, -0.05) is 83.9 Å². The Morgan fingerprint density at radius 2 is 1.59 bits per heavy atom. The van der Waals surface area contributed by atoms with E-state index >= 15 is 0 Å². The summed E-state index contributed by atoms with van der Waals surface area (Å²) in [5, 5.41) is 8.30. The van der Waals surface area contributed by atoms with E-state index in [9.17, 15) is 0 Å². The largest absolute Gasteiger partial charge is 0.252 e. The Balaban J connectivity index is 1.48. The normalized spacial score (nSPS) is 11.5. The lowest BCUT2D eigenvalue weighted by Gasteiger charge is -2.04. The third kappa shape index (κ3) is 4.67. The molecule has 0 aliphatic rings. The van der Waals surface area contributed by atoms with E-state index in [1.807, 2.05) is 36.6 Å². The molecule has 0 unspecified atom stereocenters. The van der Waals surface area contributed by atoms with Crippen molar-refractivity contribution in [2.75, 3.05) is 5.43 Å². The van der Waals surface area contributed by atoms with Crippen molar-refractivity contribution in [3.05, 3.63) is 93.8 Å². The van der Waals surface area contributed by atoms with Gasteiger partial charge in [-0.2, -0.15) is 5.10 Å². The van der Waals surface area contributed by atoms with E-state index in [0.717, 1.165) is 27.7 Å². The molecule has 0 bridgehead atoms. The molecule has 3 aromatic carbocycles. The number of thiazole rings is 1. The molecule has 144 valence electrons. The first-order chi connectivity index (χ1) is 14.1. The summed E-state index contributed by atoms with van der Waals surface area (Å²) in [4.78, 5) is 4.63. The van der Waals surface area contributed by atoms with E-state index in [2.05, 4.69) is 51.9 Å². The molecule has 3 nitrogen and oxygen atoms in total. The van der Waals surface area contributed by atoms with Crippen LogP contribution in [-0.4, -0.2) is 10.7 Å². The topological polar surface area (TPSA) is 37.3 Å². The Hall–Kier alpha value is -2.66. The highest BCUT2D eigenvalue weighted by Crippen LogP contribution is 2.28. The number of rotatable bonds is 5. The van der Waals surface area contributed by atoms with Crippen LogP contribution in [0, 0.1) is 0 Å². The molecule has 0 spiro atoms. The second-order valence-corrected chi connectivity index (χ2v) is 8.12. The molecule has 6 heteroatoms. The standard InChI is InChI=1S/C23H17Cl2N3S/c1-15(20-12-11-19(24)13-21(20)25)27-28-23-26-22(14-29-23)18-9-7-17(8-10-18)16-5-3-2-4-6-16/h2-14H,1H3,(H,26,28)/b27-15+. The zero-order chi connectivity index (χ0) is 20.2. The van der Waals surface area contributed by atoms with Crippen LogP contribution in [0.25, 0.3) is 22.4 Å². The van der Waals surface area contributed by atoms with Crippen molar-refractivity contribution in [2.24, 2.45) is 5.10 Å². The summed E-state index contributed by atoms with van der Waals surface area (Å²) < 4.78 is 0. The maximum Gasteiger partial charge on any atom is 0.203 e. The number of anilines is 1. The average molecular weight is 438 g/mol. The van der Waals surface area contributed by atoms with Crippen LogP contribution in [0.5, 0.6) is 0 Å². The van der Waals surface area contributed by atoms with Gasteiger partial charge in [0.15, 0.2) is 0 Å². The van der Waals surface area contributed by atoms with Crippen LogP contribution in [0.4, 0.5) is 5.13 Å². The van der Waals surface area contributed by atoms with Crippen molar-refractivity contribution < 1.29 is 0 Å². The van der Waals surface area contributed by atoms with Crippen LogP contribution in [0.3, 0.4) is 0 Å². The quantitative estimate of drug-likeness (QED) is 0.257. The highest BCUT2D eigenvalue weighted by Gasteiger charge is 2.07. The molecule has 0 fully saturated rings. The minimum atomic E-state index is 0.568. The molecule has 0 aliphatic heterocycles. The Morgan fingerprint density at radius 1 is 0.897 bits per heavy atom. The lowest BCUT2D eigenvalue weighted by atomic mass is 10.0. The summed E-state index contributed by atoms with van der Waals surface area (Å²) in [6.07, 6.45) is 0. The second-order valence-electron chi connectivity index (χ2n) is 6.41. The Labute approximate surface area is 183 Å². The summed E-state index contributed by atoms with van der Waals surface area (Å²) in [7, 11) is 0. The van der Waals surface area contributed by atoms with E-state index in [4.69, 9.17) is 23.2 Å². The van der Waals surface area contributed by atoms with E-state index in [0.29, 0.717) is 10.0 Å². The number of halogens is 2. The number of aromatic nitrogens is 1. The first kappa shape index (κ1) is 19.6. The minimum Gasteiger partial charge on any atom is -0.252 e. The maximum atomic E-state index is 6.24. The van der Waals surface area contributed by atoms with E-state index in [1.165, 1.54) is 22.5 Å². The molecule has 1 heterocycles. The smallest absolute Gasteiger partial charge is 0.203 e. The Morgan fingerprint density at radius 3 is 2.31 bits per heavy atom. The van der Waals surface area contributed by atoms with Crippen LogP contribution in [0.15, 0.2) is 83.3 Å². The van der Waals surface area contributed by atoms with E-state index in [-0.39, 0.29) is 0 Å². The van der Waals surface area contributed by atoms with Gasteiger partial charge in [0, 0.05) is 21.5 Å². The lowest BCUT2D eigenvalue weighted by molar-refractivity contribution is 1.27. The predicted molar refractivity (Wildman–Crippen MR) is 125 cm³/mol. The van der Waals surface area contributed by atoms with Crippen LogP contribution in [0.1, 0.15) is 12.5 Å². The molecule has 0 amide bonds. The predicted octanol–water partition coefficient (Wildman–Crippen LogP) is 7.62. The van der Waals surface area contributed by atoms with Crippen LogP contribution in [-0.2, 0) is 0 Å². The monoisotopic (exact) mass is 437 g/mol. The lowest BCUT2D eigenvalue weighted by Crippen LogP contribution is -2.00. The van der Waals surface area contributed by atoms with Crippen molar-refractivity contribution >= 4 is 45.4 Å². The van der Waals surface area contributed by atoms with Crippen molar-refractivity contribution in [3.63, 3.8) is 0 Å². The molecular formula is C23H17Cl2N3S. The summed E-state index contributed by atoms with van der Waals surface area (Å²) in [6, 6.07) is 24.1. The highest BCUT2D eigenvalue weighted by molar-refractivity contribution is 7.14. The van der Waals surface area contributed by atoms with Gasteiger partial charge >= 0.3 is 0 Å². The number of nitrogens with zero attached hydrogens (tertiary/aromatic N) is 2. The van der Waals surface area contributed by atoms with E-state index < -0.39 is 0 Å². The van der Waals surface area contributed by atoms with Crippen molar-refractivity contribution in [1.82, 2.24) is 4.98 Å². The highest BCUT2D eigenvalue weighted by atomic mass is 35.5. The molecule has 1 N–H and O–H groups in total. The molecule has 29 heavy (non-hydrogen) atoms. The molecule has 0 saturated heterocycles. The number of hydrazone groups is 1. The van der Waals surface area contributed by atoms with Crippen molar-refractivity contribution in [2.45, 2.75) is 6.92 Å². The zero-order valence-corrected chi connectivity index (χ0v) is 17.9. The number of hydrogen-bond donors (Lipinski definition) is 1. The van der Waals surface area contributed by atoms with Gasteiger partial charge in [-0.3, -0.25) is 5.43 Å². The molecule has 0 radical (unpaired) electrons. The second kappa shape index (κ2) is 8.78. The van der Waals surface area contributed by atoms with Crippen LogP contribution >= 0.6 is 34.5 Å². The van der Waals surface area contributed by atoms with E-state index in [1.54, 1.807) is 12.1 Å². The van der Waals surface area contributed by atoms with Gasteiger partial charge in [-0.25, -0.2) is 4.98 Å². The van der Waals surface area contributed by atoms with Gasteiger partial charge in [0.2, 0.25) is 5.13 Å². The number of hydrogen-bond acceptors (Lipinski definition) is 4. The van der Waals surface area contributed by atoms with Gasteiger partial charge in [0.05, 0.1) is 16.4 Å². The third-order valence-electron chi connectivity index (χ3n) is 4.43. The van der Waals surface area contributed by atoms with Gasteiger partial charge in [-0.05, 0) is 30.2 Å². The SMILES string of the molecule is C/C(=N\Nc1nc(-c2ccc(-c3ccccc3)cc2)cs1)c1ccc(Cl)cc1Cl. The summed E-state index contributed by atoms with van der Waals surface area (Å²) in [5.74, 6) is 0. The third-order valence-corrected chi connectivity index (χ3v) is 5.73. The van der Waals surface area contributed by atoms with Crippen LogP contribution < -0.4 is 5.43 Å². The van der Waals surface area contributed by atoms with Gasteiger partial charge in [-0.15, -0.1) is 11.3 Å². The van der Waals surface area contributed by atoms with Crippen molar-refractivity contribution in [3.8, 4) is 22.4 Å². The molecule has 4 rings (SSSR count). The zero-order valence-electron chi connectivity index (χ0n) is 15.6. The van der Waals surface area contributed by atoms with Gasteiger partial charge < -0.3 is 0 Å². The number of nitrogens with one attached hydrogen (secondary N) is 1. The van der Waals surface area contributed by atoms with Gasteiger partial charge in [0.1, 0.15) is 0 Å². The minimum absolute atomic E-state index is 0.568. The first-order valence-electron chi connectivity index (χ1n) is 8.97. The average Bonchev–Trinajstić information content (AvgIpc) is 3.22.